The molecule has 6 nitrogen and oxygen atoms in total. The second-order valence-electron chi connectivity index (χ2n) is 7.62. The van der Waals surface area contributed by atoms with Gasteiger partial charge in [0, 0.05) is 37.7 Å². The number of fused-ring (bicyclic) bond motifs is 1. The molecular formula is C23H31N5O. The molecule has 1 aliphatic heterocycles. The van der Waals surface area contributed by atoms with Crippen LogP contribution in [-0.4, -0.2) is 44.0 Å². The number of hydrogen-bond donors (Lipinski definition) is 3. The zero-order valence-electron chi connectivity index (χ0n) is 17.5. The highest BCUT2D eigenvalue weighted by atomic mass is 16.1. The van der Waals surface area contributed by atoms with Crippen LogP contribution in [0.1, 0.15) is 36.0 Å². The number of rotatable bonds is 7. The maximum atomic E-state index is 12.1. The van der Waals surface area contributed by atoms with Crippen molar-refractivity contribution >= 4 is 17.6 Å². The van der Waals surface area contributed by atoms with Crippen molar-refractivity contribution in [2.75, 3.05) is 32.5 Å². The third-order valence-corrected chi connectivity index (χ3v) is 4.98. The largest absolute Gasteiger partial charge is 0.357 e. The van der Waals surface area contributed by atoms with Crippen molar-refractivity contribution < 1.29 is 4.79 Å². The van der Waals surface area contributed by atoms with Crippen LogP contribution in [0.15, 0.2) is 53.5 Å². The number of carbonyl (C=O) groups excluding carboxylic acids is 1. The minimum atomic E-state index is 0.0649. The molecule has 29 heavy (non-hydrogen) atoms. The fourth-order valence-corrected chi connectivity index (χ4v) is 3.62. The lowest BCUT2D eigenvalue weighted by Crippen LogP contribution is -2.40. The summed E-state index contributed by atoms with van der Waals surface area (Å²) in [5, 5.41) is 9.70. The van der Waals surface area contributed by atoms with Gasteiger partial charge in [-0.3, -0.25) is 4.79 Å². The Balaban J connectivity index is 1.69. The molecule has 1 heterocycles. The van der Waals surface area contributed by atoms with Crippen LogP contribution in [0.3, 0.4) is 0 Å². The molecule has 0 bridgehead atoms. The van der Waals surface area contributed by atoms with E-state index in [2.05, 4.69) is 72.2 Å². The second-order valence-corrected chi connectivity index (χ2v) is 7.62. The molecule has 2 aromatic rings. The summed E-state index contributed by atoms with van der Waals surface area (Å²) in [6.45, 7) is 5.01. The number of nitrogens with zero attached hydrogens (tertiary/aromatic N) is 2. The molecule has 0 fully saturated rings. The van der Waals surface area contributed by atoms with Gasteiger partial charge in [-0.1, -0.05) is 42.5 Å². The van der Waals surface area contributed by atoms with E-state index in [9.17, 15) is 4.79 Å². The molecule has 0 radical (unpaired) electrons. The molecule has 0 aliphatic carbocycles. The highest BCUT2D eigenvalue weighted by molar-refractivity contribution is 5.94. The van der Waals surface area contributed by atoms with Gasteiger partial charge >= 0.3 is 0 Å². The normalized spacial score (nSPS) is 16.3. The van der Waals surface area contributed by atoms with Gasteiger partial charge in [0.25, 0.3) is 0 Å². The summed E-state index contributed by atoms with van der Waals surface area (Å²) in [6.07, 6.45) is 0.481. The number of para-hydroxylation sites is 1. The van der Waals surface area contributed by atoms with Crippen LogP contribution in [0, 0.1) is 0 Å². The number of hydrogen-bond acceptors (Lipinski definition) is 3. The van der Waals surface area contributed by atoms with Gasteiger partial charge in [0.2, 0.25) is 5.91 Å². The molecule has 6 heteroatoms. The Morgan fingerprint density at radius 2 is 1.83 bits per heavy atom. The maximum absolute atomic E-state index is 12.1. The lowest BCUT2D eigenvalue weighted by molar-refractivity contribution is -0.116. The highest BCUT2D eigenvalue weighted by Gasteiger charge is 2.24. The average Bonchev–Trinajstić information content (AvgIpc) is 2.70. The van der Waals surface area contributed by atoms with Crippen LogP contribution in [-0.2, 0) is 17.9 Å². The van der Waals surface area contributed by atoms with E-state index in [0.29, 0.717) is 19.5 Å². The number of anilines is 1. The summed E-state index contributed by atoms with van der Waals surface area (Å²) in [7, 11) is 4.15. The molecule has 0 spiro atoms. The van der Waals surface area contributed by atoms with Gasteiger partial charge in [0.1, 0.15) is 0 Å². The van der Waals surface area contributed by atoms with Gasteiger partial charge in [-0.25, -0.2) is 4.99 Å². The summed E-state index contributed by atoms with van der Waals surface area (Å²) in [5.41, 5.74) is 4.60. The minimum absolute atomic E-state index is 0.0649. The van der Waals surface area contributed by atoms with Crippen molar-refractivity contribution in [2.45, 2.75) is 32.4 Å². The van der Waals surface area contributed by atoms with Gasteiger partial charge < -0.3 is 20.9 Å². The second kappa shape index (κ2) is 10.1. The Hall–Kier alpha value is -2.86. The van der Waals surface area contributed by atoms with Crippen LogP contribution in [0.2, 0.25) is 0 Å². The van der Waals surface area contributed by atoms with Crippen molar-refractivity contribution in [2.24, 2.45) is 4.99 Å². The van der Waals surface area contributed by atoms with Gasteiger partial charge in [0.05, 0.1) is 6.54 Å². The fraction of sp³-hybridized carbons (Fsp3) is 0.391. The Labute approximate surface area is 173 Å². The number of amides is 1. The molecule has 1 unspecified atom stereocenters. The van der Waals surface area contributed by atoms with E-state index < -0.39 is 0 Å². The number of guanidine groups is 1. The lowest BCUT2D eigenvalue weighted by Gasteiger charge is -2.26. The Bertz CT molecular complexity index is 862. The topological polar surface area (TPSA) is 68.8 Å². The van der Waals surface area contributed by atoms with Crippen molar-refractivity contribution in [1.82, 2.24) is 15.5 Å². The first kappa shape index (κ1) is 20.9. The molecule has 154 valence electrons. The zero-order chi connectivity index (χ0) is 20.6. The predicted molar refractivity (Wildman–Crippen MR) is 119 cm³/mol. The van der Waals surface area contributed by atoms with E-state index in [-0.39, 0.29) is 11.8 Å². The third kappa shape index (κ3) is 5.81. The first-order chi connectivity index (χ1) is 14.1. The first-order valence-corrected chi connectivity index (χ1v) is 10.2. The van der Waals surface area contributed by atoms with Crippen molar-refractivity contribution in [3.63, 3.8) is 0 Å². The first-order valence-electron chi connectivity index (χ1n) is 10.2. The van der Waals surface area contributed by atoms with E-state index in [1.165, 1.54) is 16.7 Å². The van der Waals surface area contributed by atoms with Crippen LogP contribution in [0.4, 0.5) is 5.69 Å². The number of aliphatic imine (C=N–C) groups is 1. The van der Waals surface area contributed by atoms with Gasteiger partial charge in [0.15, 0.2) is 5.96 Å². The van der Waals surface area contributed by atoms with Crippen molar-refractivity contribution in [3.05, 3.63) is 65.2 Å². The summed E-state index contributed by atoms with van der Waals surface area (Å²) < 4.78 is 0. The Kier molecular flexibility index (Phi) is 7.25. The molecule has 3 rings (SSSR count). The summed E-state index contributed by atoms with van der Waals surface area (Å²) in [4.78, 5) is 19.0. The number of carbonyl (C=O) groups is 1. The van der Waals surface area contributed by atoms with E-state index in [0.717, 1.165) is 24.7 Å². The molecule has 2 aromatic carbocycles. The molecule has 1 amide bonds. The zero-order valence-corrected chi connectivity index (χ0v) is 17.5. The van der Waals surface area contributed by atoms with E-state index in [4.69, 9.17) is 4.99 Å². The monoisotopic (exact) mass is 393 g/mol. The quantitative estimate of drug-likeness (QED) is 0.500. The van der Waals surface area contributed by atoms with Crippen molar-refractivity contribution in [1.29, 1.82) is 0 Å². The number of benzene rings is 2. The number of nitrogens with one attached hydrogen (secondary N) is 3. The lowest BCUT2D eigenvalue weighted by atomic mass is 9.90. The van der Waals surface area contributed by atoms with Crippen LogP contribution >= 0.6 is 0 Å². The Morgan fingerprint density at radius 1 is 1.10 bits per heavy atom. The fourth-order valence-electron chi connectivity index (χ4n) is 3.62. The molecule has 3 N–H and O–H groups in total. The smallest absolute Gasteiger partial charge is 0.225 e. The molecule has 1 aliphatic rings. The minimum Gasteiger partial charge on any atom is -0.357 e. The molecular weight excluding hydrogens is 362 g/mol. The molecule has 1 atom stereocenters. The SMILES string of the molecule is CCNC(=NCc1ccccc1CN(C)C)NCC1CC(=O)Nc2ccccc21. The van der Waals surface area contributed by atoms with Gasteiger partial charge in [-0.2, -0.15) is 0 Å². The van der Waals surface area contributed by atoms with Crippen LogP contribution in [0.25, 0.3) is 0 Å². The standard InChI is InChI=1S/C23H31N5O/c1-4-24-23(25-14-17-9-5-6-10-18(17)16-28(2)3)26-15-19-13-22(29)27-21-12-8-7-11-20(19)21/h5-12,19H,4,13-16H2,1-3H3,(H,27,29)(H2,24,25,26). The predicted octanol–water partition coefficient (Wildman–Crippen LogP) is 2.93. The average molecular weight is 394 g/mol. The summed E-state index contributed by atoms with van der Waals surface area (Å²) in [6, 6.07) is 16.4. The Morgan fingerprint density at radius 3 is 2.59 bits per heavy atom. The van der Waals surface area contributed by atoms with Crippen molar-refractivity contribution in [3.8, 4) is 0 Å². The summed E-state index contributed by atoms with van der Waals surface area (Å²) >= 11 is 0. The highest BCUT2D eigenvalue weighted by Crippen LogP contribution is 2.31. The van der Waals surface area contributed by atoms with Gasteiger partial charge in [-0.15, -0.1) is 0 Å². The molecule has 0 saturated carbocycles. The van der Waals surface area contributed by atoms with E-state index in [1.54, 1.807) is 0 Å². The summed E-state index contributed by atoms with van der Waals surface area (Å²) in [5.74, 6) is 0.968. The van der Waals surface area contributed by atoms with Crippen LogP contribution in [0.5, 0.6) is 0 Å². The van der Waals surface area contributed by atoms with Crippen LogP contribution < -0.4 is 16.0 Å². The van der Waals surface area contributed by atoms with E-state index in [1.807, 2.05) is 18.2 Å². The molecule has 0 saturated heterocycles. The third-order valence-electron chi connectivity index (χ3n) is 4.98. The van der Waals surface area contributed by atoms with E-state index >= 15 is 0 Å². The maximum Gasteiger partial charge on any atom is 0.225 e. The molecule has 0 aromatic heterocycles. The van der Waals surface area contributed by atoms with Gasteiger partial charge in [-0.05, 0) is 43.8 Å².